The van der Waals surface area contributed by atoms with Crippen molar-refractivity contribution in [2.24, 2.45) is 5.41 Å². The molecule has 0 radical (unpaired) electrons. The van der Waals surface area contributed by atoms with Crippen molar-refractivity contribution < 1.29 is 14.0 Å². The summed E-state index contributed by atoms with van der Waals surface area (Å²) in [5.41, 5.74) is 0.00954. The van der Waals surface area contributed by atoms with Crippen molar-refractivity contribution in [3.63, 3.8) is 0 Å². The van der Waals surface area contributed by atoms with Crippen molar-refractivity contribution in [2.45, 2.75) is 51.4 Å². The van der Waals surface area contributed by atoms with Gasteiger partial charge in [-0.15, -0.1) is 11.8 Å². The SMILES string of the molecule is CC(C)(C)CC(=O)N1CCC2(CC1)SCC(=O)N2Cc1ccco1. The van der Waals surface area contributed by atoms with Gasteiger partial charge in [-0.25, -0.2) is 0 Å². The monoisotopic (exact) mass is 350 g/mol. The van der Waals surface area contributed by atoms with Crippen LogP contribution >= 0.6 is 11.8 Å². The molecule has 132 valence electrons. The minimum atomic E-state index is -0.178. The Kier molecular flexibility index (Phi) is 4.69. The lowest BCUT2D eigenvalue weighted by Gasteiger charge is -2.44. The Balaban J connectivity index is 1.65. The third-order valence-electron chi connectivity index (χ3n) is 4.73. The lowest BCUT2D eigenvalue weighted by Crippen LogP contribution is -2.52. The number of amides is 2. The minimum Gasteiger partial charge on any atom is -0.467 e. The molecule has 24 heavy (non-hydrogen) atoms. The fraction of sp³-hybridized carbons (Fsp3) is 0.667. The van der Waals surface area contributed by atoms with Crippen LogP contribution in [0.15, 0.2) is 22.8 Å². The highest BCUT2D eigenvalue weighted by Crippen LogP contribution is 2.45. The first-order valence-corrected chi connectivity index (χ1v) is 9.52. The number of likely N-dealkylation sites (tertiary alicyclic amines) is 1. The first-order chi connectivity index (χ1) is 11.3. The van der Waals surface area contributed by atoms with Gasteiger partial charge >= 0.3 is 0 Å². The van der Waals surface area contributed by atoms with E-state index in [0.29, 0.717) is 18.7 Å². The van der Waals surface area contributed by atoms with Crippen LogP contribution in [0, 0.1) is 5.41 Å². The zero-order valence-electron chi connectivity index (χ0n) is 14.7. The summed E-state index contributed by atoms with van der Waals surface area (Å²) in [5.74, 6) is 1.74. The van der Waals surface area contributed by atoms with Gasteiger partial charge in [0.15, 0.2) is 0 Å². The van der Waals surface area contributed by atoms with Gasteiger partial charge in [0, 0.05) is 19.5 Å². The third kappa shape index (κ3) is 3.63. The molecule has 0 N–H and O–H groups in total. The fourth-order valence-electron chi connectivity index (χ4n) is 3.46. The van der Waals surface area contributed by atoms with Gasteiger partial charge < -0.3 is 14.2 Å². The molecule has 0 bridgehead atoms. The molecule has 2 aliphatic rings. The van der Waals surface area contributed by atoms with Crippen molar-refractivity contribution in [3.05, 3.63) is 24.2 Å². The molecule has 0 atom stereocenters. The predicted octanol–water partition coefficient (Wildman–Crippen LogP) is 3.11. The quantitative estimate of drug-likeness (QED) is 0.840. The maximum absolute atomic E-state index is 12.4. The first kappa shape index (κ1) is 17.4. The molecule has 2 fully saturated rings. The van der Waals surface area contributed by atoms with E-state index in [9.17, 15) is 9.59 Å². The zero-order valence-corrected chi connectivity index (χ0v) is 15.5. The van der Waals surface area contributed by atoms with Crippen LogP contribution in [0.25, 0.3) is 0 Å². The number of nitrogens with zero attached hydrogens (tertiary/aromatic N) is 2. The Labute approximate surface area is 147 Å². The molecule has 1 aromatic heterocycles. The van der Waals surface area contributed by atoms with Crippen LogP contribution in [0.3, 0.4) is 0 Å². The second-order valence-corrected chi connectivity index (χ2v) is 9.25. The van der Waals surface area contributed by atoms with E-state index >= 15 is 0 Å². The number of thioether (sulfide) groups is 1. The number of hydrogen-bond acceptors (Lipinski definition) is 4. The lowest BCUT2D eigenvalue weighted by molar-refractivity contribution is -0.137. The predicted molar refractivity (Wildman–Crippen MR) is 94.3 cm³/mol. The Bertz CT molecular complexity index is 598. The van der Waals surface area contributed by atoms with Gasteiger partial charge in [0.2, 0.25) is 11.8 Å². The fourth-order valence-corrected chi connectivity index (χ4v) is 4.80. The van der Waals surface area contributed by atoms with Crippen LogP contribution in [0.1, 0.15) is 45.8 Å². The molecule has 0 aliphatic carbocycles. The molecule has 0 unspecified atom stereocenters. The molecule has 3 rings (SSSR count). The number of piperidine rings is 1. The second-order valence-electron chi connectivity index (χ2n) is 7.91. The molecule has 5 nitrogen and oxygen atoms in total. The Hall–Kier alpha value is -1.43. The van der Waals surface area contributed by atoms with Crippen LogP contribution in [-0.2, 0) is 16.1 Å². The van der Waals surface area contributed by atoms with Gasteiger partial charge in [0.1, 0.15) is 5.76 Å². The van der Waals surface area contributed by atoms with Crippen molar-refractivity contribution in [3.8, 4) is 0 Å². The van der Waals surface area contributed by atoms with Crippen molar-refractivity contribution in [2.75, 3.05) is 18.8 Å². The van der Waals surface area contributed by atoms with E-state index in [1.807, 2.05) is 21.9 Å². The number of carbonyl (C=O) groups is 2. The topological polar surface area (TPSA) is 53.8 Å². The Morgan fingerprint density at radius 3 is 2.62 bits per heavy atom. The maximum atomic E-state index is 12.4. The van der Waals surface area contributed by atoms with E-state index in [1.165, 1.54) is 0 Å². The van der Waals surface area contributed by atoms with Crippen LogP contribution in [0.2, 0.25) is 0 Å². The summed E-state index contributed by atoms with van der Waals surface area (Å²) in [6.07, 6.45) is 3.88. The highest BCUT2D eigenvalue weighted by atomic mass is 32.2. The van der Waals surface area contributed by atoms with Crippen LogP contribution in [0.4, 0.5) is 0 Å². The van der Waals surface area contributed by atoms with E-state index < -0.39 is 0 Å². The van der Waals surface area contributed by atoms with Crippen LogP contribution in [0.5, 0.6) is 0 Å². The van der Waals surface area contributed by atoms with E-state index in [1.54, 1.807) is 18.0 Å². The highest BCUT2D eigenvalue weighted by molar-refractivity contribution is 8.01. The van der Waals surface area contributed by atoms with Crippen LogP contribution < -0.4 is 0 Å². The van der Waals surface area contributed by atoms with Crippen molar-refractivity contribution in [1.29, 1.82) is 0 Å². The molecule has 3 heterocycles. The summed E-state index contributed by atoms with van der Waals surface area (Å²) in [6.45, 7) is 8.25. The van der Waals surface area contributed by atoms with Gasteiger partial charge in [-0.2, -0.15) is 0 Å². The average molecular weight is 350 g/mol. The maximum Gasteiger partial charge on any atom is 0.234 e. The number of hydrogen-bond donors (Lipinski definition) is 0. The van der Waals surface area contributed by atoms with Gasteiger partial charge in [-0.3, -0.25) is 9.59 Å². The molecular formula is C18H26N2O3S. The molecule has 1 aromatic rings. The van der Waals surface area contributed by atoms with Crippen molar-refractivity contribution >= 4 is 23.6 Å². The summed E-state index contributed by atoms with van der Waals surface area (Å²) < 4.78 is 5.42. The second kappa shape index (κ2) is 6.47. The number of furan rings is 1. The summed E-state index contributed by atoms with van der Waals surface area (Å²) >= 11 is 1.73. The van der Waals surface area contributed by atoms with Crippen molar-refractivity contribution in [1.82, 2.24) is 9.80 Å². The summed E-state index contributed by atoms with van der Waals surface area (Å²) in [6, 6.07) is 3.76. The van der Waals surface area contributed by atoms with E-state index in [0.717, 1.165) is 31.7 Å². The average Bonchev–Trinajstić information content (AvgIpc) is 3.11. The van der Waals surface area contributed by atoms with E-state index in [4.69, 9.17) is 4.42 Å². The molecule has 2 amide bonds. The summed E-state index contributed by atoms with van der Waals surface area (Å²) in [7, 11) is 0. The minimum absolute atomic E-state index is 0.00954. The number of rotatable bonds is 3. The molecule has 0 aromatic carbocycles. The molecule has 1 spiro atoms. The molecule has 2 aliphatic heterocycles. The molecule has 6 heteroatoms. The Morgan fingerprint density at radius 1 is 1.33 bits per heavy atom. The summed E-state index contributed by atoms with van der Waals surface area (Å²) in [5, 5.41) is 0. The van der Waals surface area contributed by atoms with Gasteiger partial charge in [0.25, 0.3) is 0 Å². The molecule has 2 saturated heterocycles. The van der Waals surface area contributed by atoms with Gasteiger partial charge in [-0.1, -0.05) is 20.8 Å². The van der Waals surface area contributed by atoms with E-state index in [-0.39, 0.29) is 22.1 Å². The third-order valence-corrected chi connectivity index (χ3v) is 6.29. The smallest absolute Gasteiger partial charge is 0.234 e. The molecular weight excluding hydrogens is 324 g/mol. The number of carbonyl (C=O) groups excluding carboxylic acids is 2. The standard InChI is InChI=1S/C18H26N2O3S/c1-17(2,3)11-15(21)19-8-6-18(7-9-19)20(16(22)13-24-18)12-14-5-4-10-23-14/h4-5,10H,6-9,11-13H2,1-3H3. The first-order valence-electron chi connectivity index (χ1n) is 8.54. The van der Waals surface area contributed by atoms with Crippen LogP contribution in [-0.4, -0.2) is 45.3 Å². The normalized spacial score (nSPS) is 20.9. The highest BCUT2D eigenvalue weighted by Gasteiger charge is 2.48. The zero-order chi connectivity index (χ0) is 17.4. The lowest BCUT2D eigenvalue weighted by atomic mass is 9.91. The molecule has 0 saturated carbocycles. The van der Waals surface area contributed by atoms with E-state index in [2.05, 4.69) is 20.8 Å². The largest absolute Gasteiger partial charge is 0.467 e. The van der Waals surface area contributed by atoms with Gasteiger partial charge in [0.05, 0.1) is 23.4 Å². The van der Waals surface area contributed by atoms with Gasteiger partial charge in [-0.05, 0) is 30.4 Å². The Morgan fingerprint density at radius 2 is 2.04 bits per heavy atom. The summed E-state index contributed by atoms with van der Waals surface area (Å²) in [4.78, 5) is 28.5.